The van der Waals surface area contributed by atoms with Crippen molar-refractivity contribution in [3.8, 4) is 22.8 Å². The molecule has 10 nitrogen and oxygen atoms in total. The van der Waals surface area contributed by atoms with Crippen molar-refractivity contribution in [1.82, 2.24) is 19.8 Å². The lowest BCUT2D eigenvalue weighted by atomic mass is 10.1. The van der Waals surface area contributed by atoms with Crippen LogP contribution >= 0.6 is 0 Å². The molecular weight excluding hydrogens is 527 g/mol. The molecule has 1 fully saturated rings. The van der Waals surface area contributed by atoms with Crippen LogP contribution in [0.2, 0.25) is 0 Å². The van der Waals surface area contributed by atoms with Crippen molar-refractivity contribution in [2.45, 2.75) is 45.8 Å². The number of hydrogen-bond donors (Lipinski definition) is 3. The number of halogens is 1. The Hall–Kier alpha value is -3.96. The molecule has 1 saturated heterocycles. The molecule has 11 heteroatoms. The number of anilines is 3. The number of likely N-dealkylation sites (tertiary alicyclic amines) is 1. The Bertz CT molecular complexity index is 1310. The van der Waals surface area contributed by atoms with Crippen molar-refractivity contribution in [2.75, 3.05) is 50.4 Å². The molecule has 2 aromatic carbocycles. The molecule has 220 valence electrons. The quantitative estimate of drug-likeness (QED) is 0.278. The van der Waals surface area contributed by atoms with Crippen molar-refractivity contribution in [3.63, 3.8) is 0 Å². The molecule has 0 spiro atoms. The molecule has 2 heterocycles. The van der Waals surface area contributed by atoms with E-state index in [2.05, 4.69) is 34.0 Å². The second kappa shape index (κ2) is 14.1. The highest BCUT2D eigenvalue weighted by Crippen LogP contribution is 2.31. The first-order valence-electron chi connectivity index (χ1n) is 14.1. The summed E-state index contributed by atoms with van der Waals surface area (Å²) in [6.45, 7) is 9.62. The van der Waals surface area contributed by atoms with Crippen molar-refractivity contribution < 1.29 is 23.8 Å². The average Bonchev–Trinajstić information content (AvgIpc) is 2.98. The molecule has 3 aromatic rings. The zero-order valence-corrected chi connectivity index (χ0v) is 23.8. The van der Waals surface area contributed by atoms with Gasteiger partial charge < -0.3 is 35.4 Å². The molecule has 4 N–H and O–H groups in total. The van der Waals surface area contributed by atoms with E-state index in [9.17, 15) is 14.3 Å². The fourth-order valence-electron chi connectivity index (χ4n) is 4.68. The Kier molecular flexibility index (Phi) is 10.3. The molecule has 1 amide bonds. The summed E-state index contributed by atoms with van der Waals surface area (Å²) in [6.07, 6.45) is 1.89. The number of piperidine rings is 1. The van der Waals surface area contributed by atoms with Gasteiger partial charge in [-0.05, 0) is 56.4 Å². The number of nitrogens with two attached hydrogens (primary N) is 1. The number of hydrogen-bond acceptors (Lipinski definition) is 9. The number of nitrogens with zero attached hydrogens (tertiary/aromatic N) is 4. The van der Waals surface area contributed by atoms with Gasteiger partial charge in [-0.15, -0.1) is 0 Å². The Morgan fingerprint density at radius 1 is 1.17 bits per heavy atom. The van der Waals surface area contributed by atoms with Gasteiger partial charge >= 0.3 is 0 Å². The van der Waals surface area contributed by atoms with E-state index in [1.54, 1.807) is 35.4 Å². The molecular formula is C30H39FN6O4. The number of carbonyl (C=O) groups excluding carboxylic acids is 1. The summed E-state index contributed by atoms with van der Waals surface area (Å²) in [5.41, 5.74) is 8.85. The van der Waals surface area contributed by atoms with Crippen LogP contribution in [-0.4, -0.2) is 82.3 Å². The third-order valence-corrected chi connectivity index (χ3v) is 7.11. The van der Waals surface area contributed by atoms with Crippen LogP contribution in [0.1, 0.15) is 33.6 Å². The summed E-state index contributed by atoms with van der Waals surface area (Å²) in [7, 11) is 0. The van der Waals surface area contributed by atoms with Crippen LogP contribution < -0.4 is 20.5 Å². The topological polar surface area (TPSA) is 126 Å². The van der Waals surface area contributed by atoms with E-state index in [0.717, 1.165) is 18.7 Å². The first kappa shape index (κ1) is 30.0. The summed E-state index contributed by atoms with van der Waals surface area (Å²) in [5, 5.41) is 12.7. The first-order valence-corrected chi connectivity index (χ1v) is 14.1. The molecule has 1 aliphatic rings. The molecule has 1 aliphatic heterocycles. The van der Waals surface area contributed by atoms with Gasteiger partial charge in [-0.1, -0.05) is 13.8 Å². The zero-order valence-electron chi connectivity index (χ0n) is 23.8. The highest BCUT2D eigenvalue weighted by molar-refractivity contribution is 5.80. The Morgan fingerprint density at radius 3 is 2.61 bits per heavy atom. The fraction of sp³-hybridized carbons (Fsp3) is 0.433. The normalized spacial score (nSPS) is 14.6. The highest BCUT2D eigenvalue weighted by atomic mass is 19.1. The minimum absolute atomic E-state index is 0.0714. The number of ether oxygens (including phenoxy) is 2. The lowest BCUT2D eigenvalue weighted by Crippen LogP contribution is -2.45. The summed E-state index contributed by atoms with van der Waals surface area (Å²) >= 11 is 0. The molecule has 0 saturated carbocycles. The SMILES string of the molecule is CCN(CC)CCOc1cc(Nc2nccc(-c3ccc(OC4CCN(C(=O)[C@H](C)O)CC4)c(N)c3)n2)ccc1F. The first-order chi connectivity index (χ1) is 19.8. The predicted molar refractivity (Wildman–Crippen MR) is 157 cm³/mol. The molecule has 0 unspecified atom stereocenters. The second-order valence-corrected chi connectivity index (χ2v) is 9.98. The number of amides is 1. The van der Waals surface area contributed by atoms with Gasteiger partial charge in [0.15, 0.2) is 11.6 Å². The third-order valence-electron chi connectivity index (χ3n) is 7.11. The zero-order chi connectivity index (χ0) is 29.4. The van der Waals surface area contributed by atoms with Crippen LogP contribution in [0.3, 0.4) is 0 Å². The fourth-order valence-corrected chi connectivity index (χ4v) is 4.68. The standard InChI is InChI=1S/C30H39FN6O4/c1-4-36(5-2)16-17-40-28-19-22(7-8-24(28)31)34-30-33-13-10-26(35-30)21-6-9-27(25(32)18-21)41-23-11-14-37(15-12-23)29(39)20(3)38/h6-10,13,18-20,23,38H,4-5,11-12,14-17,32H2,1-3H3,(H,33,34,35)/t20-/m0/s1. The van der Waals surface area contributed by atoms with Gasteiger partial charge in [0.05, 0.1) is 11.4 Å². The van der Waals surface area contributed by atoms with Crippen LogP contribution in [0.4, 0.5) is 21.7 Å². The lowest BCUT2D eigenvalue weighted by Gasteiger charge is -2.33. The second-order valence-electron chi connectivity index (χ2n) is 9.98. The van der Waals surface area contributed by atoms with E-state index in [0.29, 0.717) is 67.8 Å². The van der Waals surface area contributed by atoms with Gasteiger partial charge in [0, 0.05) is 56.0 Å². The van der Waals surface area contributed by atoms with E-state index in [1.807, 2.05) is 12.1 Å². The van der Waals surface area contributed by atoms with Crippen LogP contribution in [0.25, 0.3) is 11.3 Å². The Labute approximate surface area is 240 Å². The predicted octanol–water partition coefficient (Wildman–Crippen LogP) is 4.08. The number of aliphatic hydroxyl groups excluding tert-OH is 1. The van der Waals surface area contributed by atoms with Crippen molar-refractivity contribution in [3.05, 3.63) is 54.5 Å². The third kappa shape index (κ3) is 8.05. The monoisotopic (exact) mass is 566 g/mol. The molecule has 0 bridgehead atoms. The van der Waals surface area contributed by atoms with Gasteiger partial charge in [0.2, 0.25) is 5.95 Å². The van der Waals surface area contributed by atoms with Gasteiger partial charge in [0.25, 0.3) is 5.91 Å². The van der Waals surface area contributed by atoms with Gasteiger partial charge in [-0.25, -0.2) is 14.4 Å². The van der Waals surface area contributed by atoms with Crippen LogP contribution in [-0.2, 0) is 4.79 Å². The number of nitrogens with one attached hydrogen (secondary N) is 1. The Balaban J connectivity index is 1.38. The van der Waals surface area contributed by atoms with Crippen LogP contribution in [0.5, 0.6) is 11.5 Å². The van der Waals surface area contributed by atoms with Crippen molar-refractivity contribution in [1.29, 1.82) is 0 Å². The van der Waals surface area contributed by atoms with Crippen LogP contribution in [0, 0.1) is 5.82 Å². The molecule has 1 aromatic heterocycles. The van der Waals surface area contributed by atoms with Gasteiger partial charge in [-0.2, -0.15) is 0 Å². The number of nitrogen functional groups attached to an aromatic ring is 1. The Morgan fingerprint density at radius 2 is 1.93 bits per heavy atom. The maximum Gasteiger partial charge on any atom is 0.251 e. The summed E-state index contributed by atoms with van der Waals surface area (Å²) in [4.78, 5) is 24.8. The van der Waals surface area contributed by atoms with Crippen molar-refractivity contribution >= 4 is 23.2 Å². The van der Waals surface area contributed by atoms with Gasteiger partial charge in [-0.3, -0.25) is 4.79 Å². The molecule has 1 atom stereocenters. The molecule has 0 radical (unpaired) electrons. The van der Waals surface area contributed by atoms with E-state index in [1.165, 1.54) is 13.0 Å². The summed E-state index contributed by atoms with van der Waals surface area (Å²) in [5.74, 6) is 0.398. The number of aromatic nitrogens is 2. The van der Waals surface area contributed by atoms with Crippen LogP contribution in [0.15, 0.2) is 48.7 Å². The number of benzene rings is 2. The summed E-state index contributed by atoms with van der Waals surface area (Å²) < 4.78 is 26.2. The largest absolute Gasteiger partial charge is 0.489 e. The average molecular weight is 567 g/mol. The van der Waals surface area contributed by atoms with E-state index in [4.69, 9.17) is 15.2 Å². The number of likely N-dealkylation sites (N-methyl/N-ethyl adjacent to an activating group) is 1. The van der Waals surface area contributed by atoms with E-state index >= 15 is 0 Å². The number of aliphatic hydroxyl groups is 1. The molecule has 41 heavy (non-hydrogen) atoms. The molecule has 4 rings (SSSR count). The maximum absolute atomic E-state index is 14.3. The lowest BCUT2D eigenvalue weighted by molar-refractivity contribution is -0.141. The smallest absolute Gasteiger partial charge is 0.251 e. The van der Waals surface area contributed by atoms with Gasteiger partial charge in [0.1, 0.15) is 24.6 Å². The summed E-state index contributed by atoms with van der Waals surface area (Å²) in [6, 6.07) is 11.8. The number of carbonyl (C=O) groups is 1. The highest BCUT2D eigenvalue weighted by Gasteiger charge is 2.26. The van der Waals surface area contributed by atoms with Crippen molar-refractivity contribution in [2.24, 2.45) is 0 Å². The van der Waals surface area contributed by atoms with E-state index < -0.39 is 11.9 Å². The minimum atomic E-state index is -0.997. The number of rotatable bonds is 12. The maximum atomic E-state index is 14.3. The van der Waals surface area contributed by atoms with E-state index in [-0.39, 0.29) is 17.8 Å². The molecule has 0 aliphatic carbocycles. The minimum Gasteiger partial charge on any atom is -0.489 e.